The van der Waals surface area contributed by atoms with Crippen molar-refractivity contribution in [2.24, 2.45) is 4.99 Å². The van der Waals surface area contributed by atoms with Gasteiger partial charge in [-0.05, 0) is 49.9 Å². The van der Waals surface area contributed by atoms with E-state index in [9.17, 15) is 10.0 Å². The predicted molar refractivity (Wildman–Crippen MR) is 117 cm³/mol. The molecule has 0 aromatic heterocycles. The second kappa shape index (κ2) is 6.65. The molecule has 0 radical (unpaired) electrons. The number of ether oxygens (including phenoxy) is 2. The summed E-state index contributed by atoms with van der Waals surface area (Å²) in [5.74, 6) is -0.346. The molecule has 0 saturated carbocycles. The Balaban J connectivity index is 1.41. The average molecular weight is 421 g/mol. The van der Waals surface area contributed by atoms with Gasteiger partial charge in [0.05, 0.1) is 0 Å². The van der Waals surface area contributed by atoms with E-state index in [1.165, 1.54) is 27.3 Å². The second-order valence-electron chi connectivity index (χ2n) is 10.1. The van der Waals surface area contributed by atoms with E-state index in [1.807, 2.05) is 52.0 Å². The molecule has 2 aromatic rings. The maximum Gasteiger partial charge on any atom is 0.392 e. The van der Waals surface area contributed by atoms with Gasteiger partial charge in [-0.15, -0.1) is 0 Å². The van der Waals surface area contributed by atoms with Crippen LogP contribution in [0.25, 0.3) is 11.1 Å². The van der Waals surface area contributed by atoms with Crippen LogP contribution in [0.2, 0.25) is 0 Å². The molecule has 1 spiro atoms. The van der Waals surface area contributed by atoms with Crippen molar-refractivity contribution in [1.29, 1.82) is 0 Å². The van der Waals surface area contributed by atoms with E-state index < -0.39 is 22.6 Å². The number of hydrogen-bond donors (Lipinski definition) is 1. The fraction of sp³-hybridized carbons (Fsp3) is 0.440. The second-order valence-corrected chi connectivity index (χ2v) is 10.1. The summed E-state index contributed by atoms with van der Waals surface area (Å²) in [5.41, 5.74) is 2.57. The molecule has 1 saturated heterocycles. The summed E-state index contributed by atoms with van der Waals surface area (Å²) in [6, 6.07) is 16.7. The van der Waals surface area contributed by atoms with Crippen LogP contribution in [0.4, 0.5) is 0 Å². The van der Waals surface area contributed by atoms with Crippen LogP contribution in [0.15, 0.2) is 53.5 Å². The molecule has 1 aliphatic carbocycles. The van der Waals surface area contributed by atoms with Crippen LogP contribution in [0, 0.1) is 0 Å². The Kier molecular flexibility index (Phi) is 4.33. The molecule has 6 nitrogen and oxygen atoms in total. The molecule has 31 heavy (non-hydrogen) atoms. The van der Waals surface area contributed by atoms with Crippen LogP contribution in [0.3, 0.4) is 0 Å². The minimum absolute atomic E-state index is 0.0323. The number of aliphatic imine (C=N–C) groups is 1. The molecule has 2 heterocycles. The number of fused-ring (bicyclic) bond motifs is 3. The van der Waals surface area contributed by atoms with Gasteiger partial charge in [0.25, 0.3) is 0 Å². The zero-order chi connectivity index (χ0) is 22.0. The zero-order valence-electron chi connectivity index (χ0n) is 18.4. The van der Waals surface area contributed by atoms with Gasteiger partial charge in [-0.3, -0.25) is 0 Å². The van der Waals surface area contributed by atoms with Crippen LogP contribution in [0.5, 0.6) is 0 Å². The summed E-state index contributed by atoms with van der Waals surface area (Å²) in [6.45, 7) is 7.97. The lowest BCUT2D eigenvalue weighted by Gasteiger charge is -2.52. The minimum atomic E-state index is -1.03. The third kappa shape index (κ3) is 3.08. The van der Waals surface area contributed by atoms with Crippen molar-refractivity contribution in [3.63, 3.8) is 0 Å². The van der Waals surface area contributed by atoms with Gasteiger partial charge in [-0.25, -0.2) is 4.79 Å². The number of hydroxylamine groups is 2. The lowest BCUT2D eigenvalue weighted by atomic mass is 9.71. The van der Waals surface area contributed by atoms with Crippen molar-refractivity contribution in [2.45, 2.75) is 63.1 Å². The minimum Gasteiger partial charge on any atom is -0.449 e. The van der Waals surface area contributed by atoms with Crippen molar-refractivity contribution in [3.8, 4) is 11.1 Å². The highest BCUT2D eigenvalue weighted by molar-refractivity contribution is 5.97. The number of hydrogen-bond acceptors (Lipinski definition) is 6. The molecular weight excluding hydrogens is 392 g/mol. The van der Waals surface area contributed by atoms with Gasteiger partial charge in [0.1, 0.15) is 6.61 Å². The van der Waals surface area contributed by atoms with Gasteiger partial charge < -0.3 is 14.7 Å². The summed E-state index contributed by atoms with van der Waals surface area (Å²) < 4.78 is 11.5. The molecule has 0 atom stereocenters. The molecule has 1 fully saturated rings. The Labute approximate surface area is 182 Å². The van der Waals surface area contributed by atoms with Gasteiger partial charge in [0, 0.05) is 29.8 Å². The normalized spacial score (nSPS) is 23.3. The van der Waals surface area contributed by atoms with E-state index in [4.69, 9.17) is 9.47 Å². The molecule has 1 N–H and O–H groups in total. The van der Waals surface area contributed by atoms with Crippen LogP contribution in [0.1, 0.15) is 57.6 Å². The predicted octanol–water partition coefficient (Wildman–Crippen LogP) is 4.51. The standard InChI is InChI=1S/C25H28N2O4/c1-23(2)14-25(15-24(3,4)27(23)29)21(28)31-22(26-25)30-13-20-18-11-7-5-9-16(18)17-10-6-8-12-19(17)20/h5-12,20,29H,13-15H2,1-4H3. The van der Waals surface area contributed by atoms with Gasteiger partial charge in [-0.1, -0.05) is 48.5 Å². The first-order valence-corrected chi connectivity index (χ1v) is 10.8. The van der Waals surface area contributed by atoms with Crippen LogP contribution < -0.4 is 0 Å². The van der Waals surface area contributed by atoms with Crippen molar-refractivity contribution < 1.29 is 19.5 Å². The number of cyclic esters (lactones) is 1. The third-order valence-corrected chi connectivity index (χ3v) is 6.80. The van der Waals surface area contributed by atoms with E-state index in [0.717, 1.165) is 0 Å². The average Bonchev–Trinajstić information content (AvgIpc) is 3.18. The smallest absolute Gasteiger partial charge is 0.392 e. The van der Waals surface area contributed by atoms with E-state index in [-0.39, 0.29) is 12.0 Å². The lowest BCUT2D eigenvalue weighted by Crippen LogP contribution is -2.65. The zero-order valence-corrected chi connectivity index (χ0v) is 18.4. The molecule has 6 heteroatoms. The quantitative estimate of drug-likeness (QED) is 0.724. The Morgan fingerprint density at radius 1 is 1.00 bits per heavy atom. The SMILES string of the molecule is CC1(C)CC2(CC(C)(C)N1O)N=C(OCC1c3ccccc3-c3ccccc31)OC2=O. The van der Waals surface area contributed by atoms with E-state index in [1.54, 1.807) is 0 Å². The fourth-order valence-electron chi connectivity index (χ4n) is 5.76. The Hall–Kier alpha value is -2.70. The van der Waals surface area contributed by atoms with Crippen molar-refractivity contribution in [3.05, 3.63) is 59.7 Å². The maximum atomic E-state index is 12.9. The molecular formula is C25H28N2O4. The molecule has 2 aromatic carbocycles. The number of piperidine rings is 1. The number of benzene rings is 2. The molecule has 0 amide bonds. The molecule has 2 aliphatic heterocycles. The summed E-state index contributed by atoms with van der Waals surface area (Å²) in [5, 5.41) is 11.9. The Bertz CT molecular complexity index is 1020. The maximum absolute atomic E-state index is 12.9. The van der Waals surface area contributed by atoms with Crippen molar-refractivity contribution >= 4 is 12.1 Å². The Morgan fingerprint density at radius 3 is 2.06 bits per heavy atom. The van der Waals surface area contributed by atoms with Crippen LogP contribution >= 0.6 is 0 Å². The first-order valence-electron chi connectivity index (χ1n) is 10.8. The topological polar surface area (TPSA) is 71.4 Å². The number of carbonyl (C=O) groups excluding carboxylic acids is 1. The van der Waals surface area contributed by atoms with Gasteiger partial charge in [0.15, 0.2) is 5.54 Å². The monoisotopic (exact) mass is 420 g/mol. The first kappa shape index (κ1) is 20.2. The summed E-state index contributed by atoms with van der Waals surface area (Å²) >= 11 is 0. The Morgan fingerprint density at radius 2 is 1.52 bits per heavy atom. The molecule has 0 bridgehead atoms. The van der Waals surface area contributed by atoms with E-state index >= 15 is 0 Å². The number of rotatable bonds is 2. The molecule has 0 unspecified atom stereocenters. The lowest BCUT2D eigenvalue weighted by molar-refractivity contribution is -0.252. The van der Waals surface area contributed by atoms with E-state index in [0.29, 0.717) is 19.4 Å². The highest BCUT2D eigenvalue weighted by Crippen LogP contribution is 2.47. The third-order valence-electron chi connectivity index (χ3n) is 6.80. The van der Waals surface area contributed by atoms with Gasteiger partial charge >= 0.3 is 12.1 Å². The highest BCUT2D eigenvalue weighted by Gasteiger charge is 2.59. The molecule has 162 valence electrons. The number of carbonyl (C=O) groups is 1. The van der Waals surface area contributed by atoms with Crippen LogP contribution in [-0.2, 0) is 14.3 Å². The molecule has 3 aliphatic rings. The highest BCUT2D eigenvalue weighted by atomic mass is 16.7. The van der Waals surface area contributed by atoms with Crippen molar-refractivity contribution in [2.75, 3.05) is 6.61 Å². The summed E-state index contributed by atoms with van der Waals surface area (Å²) in [6.07, 6.45) is 0.756. The van der Waals surface area contributed by atoms with Gasteiger partial charge in [0.2, 0.25) is 0 Å². The number of nitrogens with zero attached hydrogens (tertiary/aromatic N) is 2. The summed E-state index contributed by atoms with van der Waals surface area (Å²) in [7, 11) is 0. The van der Waals surface area contributed by atoms with Gasteiger partial charge in [-0.2, -0.15) is 10.1 Å². The summed E-state index contributed by atoms with van der Waals surface area (Å²) in [4.78, 5) is 17.6. The first-order chi connectivity index (χ1) is 14.6. The van der Waals surface area contributed by atoms with Crippen molar-refractivity contribution in [1.82, 2.24) is 5.06 Å². The molecule has 5 rings (SSSR count). The van der Waals surface area contributed by atoms with E-state index in [2.05, 4.69) is 29.3 Å². The fourth-order valence-corrected chi connectivity index (χ4v) is 5.76. The van der Waals surface area contributed by atoms with Crippen LogP contribution in [-0.4, -0.2) is 45.5 Å². The number of esters is 1. The largest absolute Gasteiger partial charge is 0.449 e.